The molecule has 2 heterocycles. The van der Waals surface area contributed by atoms with Crippen molar-refractivity contribution in [3.63, 3.8) is 0 Å². The number of hydrogen-bond donors (Lipinski definition) is 0. The fourth-order valence-corrected chi connectivity index (χ4v) is 0.959. The van der Waals surface area contributed by atoms with Crippen molar-refractivity contribution >= 4 is 0 Å². The smallest absolute Gasteiger partial charge is 0.316 e. The molecule has 0 unspecified atom stereocenters. The Labute approximate surface area is 80.0 Å². The highest BCUT2D eigenvalue weighted by molar-refractivity contribution is 5.45. The monoisotopic (exact) mass is 192 g/mol. The third-order valence-corrected chi connectivity index (χ3v) is 1.56. The zero-order valence-corrected chi connectivity index (χ0v) is 7.76. The van der Waals surface area contributed by atoms with Gasteiger partial charge in [0.1, 0.15) is 5.69 Å². The first-order chi connectivity index (χ1) is 6.79. The molecule has 0 spiro atoms. The minimum absolute atomic E-state index is 0.276. The van der Waals surface area contributed by atoms with Crippen LogP contribution >= 0.6 is 0 Å². The van der Waals surface area contributed by atoms with E-state index in [4.69, 9.17) is 9.26 Å². The molecule has 6 heteroatoms. The Balaban J connectivity index is 2.41. The van der Waals surface area contributed by atoms with E-state index in [0.717, 1.165) is 0 Å². The average molecular weight is 192 g/mol. The third kappa shape index (κ3) is 1.54. The molecule has 6 nitrogen and oxygen atoms in total. The van der Waals surface area contributed by atoms with Gasteiger partial charge in [0.2, 0.25) is 0 Å². The van der Waals surface area contributed by atoms with E-state index in [0.29, 0.717) is 17.4 Å². The van der Waals surface area contributed by atoms with Crippen molar-refractivity contribution in [2.24, 2.45) is 0 Å². The maximum atomic E-state index is 4.94. The van der Waals surface area contributed by atoms with E-state index in [1.165, 1.54) is 7.11 Å². The topological polar surface area (TPSA) is 73.9 Å². The van der Waals surface area contributed by atoms with Crippen LogP contribution in [0.2, 0.25) is 0 Å². The zero-order chi connectivity index (χ0) is 9.97. The van der Waals surface area contributed by atoms with Crippen molar-refractivity contribution < 1.29 is 9.26 Å². The van der Waals surface area contributed by atoms with E-state index in [1.807, 2.05) is 0 Å². The van der Waals surface area contributed by atoms with E-state index in [9.17, 15) is 0 Å². The Kier molecular flexibility index (Phi) is 2.10. The van der Waals surface area contributed by atoms with Crippen molar-refractivity contribution in [2.45, 2.75) is 6.92 Å². The quantitative estimate of drug-likeness (QED) is 0.702. The first-order valence-corrected chi connectivity index (χ1v) is 3.97. The summed E-state index contributed by atoms with van der Waals surface area (Å²) in [5, 5.41) is 3.66. The van der Waals surface area contributed by atoms with Gasteiger partial charge in [-0.15, -0.1) is 0 Å². The first kappa shape index (κ1) is 8.61. The molecule has 2 aromatic rings. The van der Waals surface area contributed by atoms with Crippen LogP contribution in [0, 0.1) is 6.92 Å². The Bertz CT molecular complexity index is 440. The van der Waals surface area contributed by atoms with Crippen molar-refractivity contribution in [1.29, 1.82) is 0 Å². The molecule has 14 heavy (non-hydrogen) atoms. The summed E-state index contributed by atoms with van der Waals surface area (Å²) in [5.74, 6) is 0.931. The van der Waals surface area contributed by atoms with E-state index < -0.39 is 0 Å². The summed E-state index contributed by atoms with van der Waals surface area (Å²) in [6.45, 7) is 1.74. The number of rotatable bonds is 2. The van der Waals surface area contributed by atoms with Crippen molar-refractivity contribution in [2.75, 3.05) is 7.11 Å². The van der Waals surface area contributed by atoms with Gasteiger partial charge >= 0.3 is 6.01 Å². The summed E-state index contributed by atoms with van der Waals surface area (Å²) < 4.78 is 9.81. The molecule has 0 aromatic carbocycles. The van der Waals surface area contributed by atoms with Crippen LogP contribution < -0.4 is 4.74 Å². The van der Waals surface area contributed by atoms with Gasteiger partial charge in [-0.1, -0.05) is 5.16 Å². The zero-order valence-electron chi connectivity index (χ0n) is 7.76. The summed E-state index contributed by atoms with van der Waals surface area (Å²) in [6.07, 6.45) is 1.57. The second kappa shape index (κ2) is 3.41. The standard InChI is InChI=1S/C8H8N4O2/c1-5-10-7(14-12-5)6-3-4-9-8(11-6)13-2/h3-4H,1-2H3. The number of nitrogens with zero attached hydrogens (tertiary/aromatic N) is 4. The number of aromatic nitrogens is 4. The first-order valence-electron chi connectivity index (χ1n) is 3.97. The van der Waals surface area contributed by atoms with Crippen molar-refractivity contribution in [1.82, 2.24) is 20.1 Å². The highest BCUT2D eigenvalue weighted by atomic mass is 16.5. The maximum Gasteiger partial charge on any atom is 0.316 e. The van der Waals surface area contributed by atoms with Crippen LogP contribution in [0.15, 0.2) is 16.8 Å². The lowest BCUT2D eigenvalue weighted by Gasteiger charge is -1.96. The number of ether oxygens (including phenoxy) is 1. The van der Waals surface area contributed by atoms with E-state index >= 15 is 0 Å². The Morgan fingerprint density at radius 1 is 1.36 bits per heavy atom. The summed E-state index contributed by atoms with van der Waals surface area (Å²) >= 11 is 0. The molecule has 0 bridgehead atoms. The van der Waals surface area contributed by atoms with Gasteiger partial charge in [0.25, 0.3) is 5.89 Å². The van der Waals surface area contributed by atoms with Crippen LogP contribution in [-0.4, -0.2) is 27.2 Å². The van der Waals surface area contributed by atoms with Crippen LogP contribution in [0.1, 0.15) is 5.82 Å². The lowest BCUT2D eigenvalue weighted by molar-refractivity contribution is 0.378. The number of hydrogen-bond acceptors (Lipinski definition) is 6. The van der Waals surface area contributed by atoms with Crippen molar-refractivity contribution in [3.05, 3.63) is 18.1 Å². The van der Waals surface area contributed by atoms with Gasteiger partial charge in [-0.2, -0.15) is 9.97 Å². The lowest BCUT2D eigenvalue weighted by Crippen LogP contribution is -1.92. The minimum Gasteiger partial charge on any atom is -0.467 e. The predicted octanol–water partition coefficient (Wildman–Crippen LogP) is 0.844. The third-order valence-electron chi connectivity index (χ3n) is 1.56. The van der Waals surface area contributed by atoms with Gasteiger partial charge < -0.3 is 9.26 Å². The van der Waals surface area contributed by atoms with Crippen LogP contribution in [0.5, 0.6) is 6.01 Å². The van der Waals surface area contributed by atoms with Crippen LogP contribution in [-0.2, 0) is 0 Å². The highest BCUT2D eigenvalue weighted by Gasteiger charge is 2.08. The summed E-state index contributed by atoms with van der Waals surface area (Å²) in [7, 11) is 1.50. The summed E-state index contributed by atoms with van der Waals surface area (Å²) in [5.41, 5.74) is 0.553. The van der Waals surface area contributed by atoms with E-state index in [-0.39, 0.29) is 6.01 Å². The normalized spacial score (nSPS) is 10.1. The molecule has 0 aliphatic rings. The molecule has 2 aromatic heterocycles. The summed E-state index contributed by atoms with van der Waals surface area (Å²) in [4.78, 5) is 11.9. The SMILES string of the molecule is COc1nccc(-c2nc(C)no2)n1. The Hall–Kier alpha value is -1.98. The molecule has 0 radical (unpaired) electrons. The molecule has 0 fully saturated rings. The molecule has 72 valence electrons. The molecule has 2 rings (SSSR count). The van der Waals surface area contributed by atoms with Gasteiger partial charge in [-0.25, -0.2) is 4.98 Å². The van der Waals surface area contributed by atoms with Gasteiger partial charge in [0.15, 0.2) is 5.82 Å². The van der Waals surface area contributed by atoms with E-state index in [2.05, 4.69) is 20.1 Å². The average Bonchev–Trinajstić information content (AvgIpc) is 2.65. The van der Waals surface area contributed by atoms with Crippen LogP contribution in [0.4, 0.5) is 0 Å². The fraction of sp³-hybridized carbons (Fsp3) is 0.250. The number of aryl methyl sites for hydroxylation is 1. The molecular formula is C8H8N4O2. The maximum absolute atomic E-state index is 4.94. The Morgan fingerprint density at radius 3 is 2.86 bits per heavy atom. The van der Waals surface area contributed by atoms with Gasteiger partial charge in [0, 0.05) is 6.20 Å². The second-order valence-corrected chi connectivity index (χ2v) is 2.58. The molecule has 0 amide bonds. The Morgan fingerprint density at radius 2 is 2.21 bits per heavy atom. The lowest BCUT2D eigenvalue weighted by atomic mass is 10.4. The van der Waals surface area contributed by atoms with Gasteiger partial charge in [0.05, 0.1) is 7.11 Å². The minimum atomic E-state index is 0.276. The molecule has 0 atom stereocenters. The van der Waals surface area contributed by atoms with Gasteiger partial charge in [-0.05, 0) is 13.0 Å². The molecule has 0 aliphatic heterocycles. The molecule has 0 N–H and O–H groups in total. The van der Waals surface area contributed by atoms with Gasteiger partial charge in [-0.3, -0.25) is 0 Å². The van der Waals surface area contributed by atoms with E-state index in [1.54, 1.807) is 19.2 Å². The fourth-order valence-electron chi connectivity index (χ4n) is 0.959. The number of methoxy groups -OCH3 is 1. The second-order valence-electron chi connectivity index (χ2n) is 2.58. The molecule has 0 aliphatic carbocycles. The van der Waals surface area contributed by atoms with Crippen LogP contribution in [0.3, 0.4) is 0 Å². The van der Waals surface area contributed by atoms with Crippen LogP contribution in [0.25, 0.3) is 11.6 Å². The molecule has 0 saturated heterocycles. The predicted molar refractivity (Wildman–Crippen MR) is 46.6 cm³/mol. The summed E-state index contributed by atoms with van der Waals surface area (Å²) in [6, 6.07) is 1.95. The largest absolute Gasteiger partial charge is 0.467 e. The highest BCUT2D eigenvalue weighted by Crippen LogP contribution is 2.15. The molecule has 0 saturated carbocycles. The van der Waals surface area contributed by atoms with Crippen molar-refractivity contribution in [3.8, 4) is 17.6 Å². The molecular weight excluding hydrogens is 184 g/mol.